The number of amides is 1. The number of alkyl halides is 3. The maximum Gasteiger partial charge on any atom is 0.406 e. The third kappa shape index (κ3) is 4.93. The van der Waals surface area contributed by atoms with E-state index >= 15 is 0 Å². The Bertz CT molecular complexity index is 250. The zero-order valence-electron chi connectivity index (χ0n) is 10.0. The van der Waals surface area contributed by atoms with Crippen molar-refractivity contribution in [2.45, 2.75) is 32.4 Å². The van der Waals surface area contributed by atoms with Crippen molar-refractivity contribution in [3.63, 3.8) is 0 Å². The van der Waals surface area contributed by atoms with Gasteiger partial charge >= 0.3 is 6.18 Å². The molecule has 1 atom stereocenters. The number of halogens is 3. The number of nitrogens with one attached hydrogen (secondary N) is 1. The Labute approximate surface area is 99.4 Å². The molecular formula is C11H19F3N2O. The van der Waals surface area contributed by atoms with Crippen LogP contribution < -0.4 is 5.32 Å². The number of carbonyl (C=O) groups is 1. The minimum Gasteiger partial charge on any atom is -0.333 e. The molecule has 1 N–H and O–H groups in total. The van der Waals surface area contributed by atoms with Crippen molar-refractivity contribution in [2.24, 2.45) is 5.92 Å². The minimum atomic E-state index is -4.31. The Morgan fingerprint density at radius 2 is 2.18 bits per heavy atom. The minimum absolute atomic E-state index is 0.175. The van der Waals surface area contributed by atoms with Gasteiger partial charge in [-0.25, -0.2) is 0 Å². The molecule has 1 saturated heterocycles. The third-order valence-corrected chi connectivity index (χ3v) is 2.82. The number of hydrogen-bond acceptors (Lipinski definition) is 2. The second-order valence-electron chi connectivity index (χ2n) is 4.42. The maximum absolute atomic E-state index is 12.3. The lowest BCUT2D eigenvalue weighted by atomic mass is 9.98. The topological polar surface area (TPSA) is 32.3 Å². The molecule has 100 valence electrons. The lowest BCUT2D eigenvalue weighted by Crippen LogP contribution is -2.46. The first kappa shape index (κ1) is 14.3. The van der Waals surface area contributed by atoms with Gasteiger partial charge in [0.2, 0.25) is 5.91 Å². The normalized spacial score (nSPS) is 21.3. The average Bonchev–Trinajstić information content (AvgIpc) is 2.27. The van der Waals surface area contributed by atoms with Crippen LogP contribution in [0.1, 0.15) is 26.2 Å². The molecule has 0 aromatic rings. The van der Waals surface area contributed by atoms with Gasteiger partial charge in [0.1, 0.15) is 6.54 Å². The molecule has 6 heteroatoms. The van der Waals surface area contributed by atoms with E-state index in [-0.39, 0.29) is 18.4 Å². The molecule has 1 heterocycles. The second kappa shape index (κ2) is 6.23. The molecule has 0 bridgehead atoms. The van der Waals surface area contributed by atoms with E-state index < -0.39 is 12.7 Å². The predicted molar refractivity (Wildman–Crippen MR) is 58.5 cm³/mol. The summed E-state index contributed by atoms with van der Waals surface area (Å²) in [5.41, 5.74) is 0. The monoisotopic (exact) mass is 252 g/mol. The molecule has 1 amide bonds. The number of nitrogens with zero attached hydrogens (tertiary/aromatic N) is 1. The van der Waals surface area contributed by atoms with Gasteiger partial charge in [0.15, 0.2) is 0 Å². The lowest BCUT2D eigenvalue weighted by Gasteiger charge is -2.30. The van der Waals surface area contributed by atoms with E-state index in [2.05, 4.69) is 5.32 Å². The van der Waals surface area contributed by atoms with Crippen molar-refractivity contribution in [3.8, 4) is 0 Å². The standard InChI is InChI=1S/C11H19F3N2O/c1-2-6-16(8-11(12,13)14)10(17)9-4-3-5-15-7-9/h9,15H,2-8H2,1H3. The number of piperidine rings is 1. The van der Waals surface area contributed by atoms with Crippen LogP contribution in [0.4, 0.5) is 13.2 Å². The van der Waals surface area contributed by atoms with E-state index in [1.807, 2.05) is 0 Å². The zero-order valence-corrected chi connectivity index (χ0v) is 10.0. The summed E-state index contributed by atoms with van der Waals surface area (Å²) >= 11 is 0. The third-order valence-electron chi connectivity index (χ3n) is 2.82. The van der Waals surface area contributed by atoms with Gasteiger partial charge in [-0.1, -0.05) is 6.92 Å². The summed E-state index contributed by atoms with van der Waals surface area (Å²) in [6.07, 6.45) is -2.23. The molecule has 1 rings (SSSR count). The van der Waals surface area contributed by atoms with Crippen LogP contribution in [0.2, 0.25) is 0 Å². The van der Waals surface area contributed by atoms with E-state index in [4.69, 9.17) is 0 Å². The highest BCUT2D eigenvalue weighted by Gasteiger charge is 2.35. The van der Waals surface area contributed by atoms with Crippen LogP contribution in [0.3, 0.4) is 0 Å². The first-order valence-electron chi connectivity index (χ1n) is 6.00. The zero-order chi connectivity index (χ0) is 12.9. The molecule has 0 aromatic carbocycles. The molecule has 0 aromatic heterocycles. The average molecular weight is 252 g/mol. The summed E-state index contributed by atoms with van der Waals surface area (Å²) in [7, 11) is 0. The Morgan fingerprint density at radius 3 is 2.65 bits per heavy atom. The van der Waals surface area contributed by atoms with Crippen molar-refractivity contribution in [2.75, 3.05) is 26.2 Å². The molecule has 1 aliphatic rings. The van der Waals surface area contributed by atoms with E-state index in [9.17, 15) is 18.0 Å². The van der Waals surface area contributed by atoms with Gasteiger partial charge in [0.05, 0.1) is 5.92 Å². The summed E-state index contributed by atoms with van der Waals surface area (Å²) in [6, 6.07) is 0. The Balaban J connectivity index is 2.58. The van der Waals surface area contributed by atoms with E-state index in [1.165, 1.54) is 0 Å². The smallest absolute Gasteiger partial charge is 0.333 e. The second-order valence-corrected chi connectivity index (χ2v) is 4.42. The summed E-state index contributed by atoms with van der Waals surface area (Å²) < 4.78 is 37.0. The Morgan fingerprint density at radius 1 is 1.47 bits per heavy atom. The van der Waals surface area contributed by atoms with Crippen LogP contribution >= 0.6 is 0 Å². The number of hydrogen-bond donors (Lipinski definition) is 1. The van der Waals surface area contributed by atoms with Crippen molar-refractivity contribution in [1.29, 1.82) is 0 Å². The van der Waals surface area contributed by atoms with Crippen LogP contribution in [-0.4, -0.2) is 43.2 Å². The fourth-order valence-corrected chi connectivity index (χ4v) is 2.07. The molecule has 0 spiro atoms. The largest absolute Gasteiger partial charge is 0.406 e. The predicted octanol–water partition coefficient (Wildman–Crippen LogP) is 1.79. The van der Waals surface area contributed by atoms with Crippen molar-refractivity contribution in [3.05, 3.63) is 0 Å². The molecule has 17 heavy (non-hydrogen) atoms. The highest BCUT2D eigenvalue weighted by molar-refractivity contribution is 5.79. The van der Waals surface area contributed by atoms with E-state index in [1.54, 1.807) is 6.92 Å². The van der Waals surface area contributed by atoms with Gasteiger partial charge in [0, 0.05) is 13.1 Å². The first-order chi connectivity index (χ1) is 7.94. The molecule has 0 aliphatic carbocycles. The molecule has 1 aliphatic heterocycles. The fraction of sp³-hybridized carbons (Fsp3) is 0.909. The first-order valence-corrected chi connectivity index (χ1v) is 6.00. The van der Waals surface area contributed by atoms with Crippen LogP contribution in [-0.2, 0) is 4.79 Å². The summed E-state index contributed by atoms with van der Waals surface area (Å²) in [5.74, 6) is -0.658. The summed E-state index contributed by atoms with van der Waals surface area (Å²) in [6.45, 7) is 2.16. The summed E-state index contributed by atoms with van der Waals surface area (Å²) in [4.78, 5) is 12.9. The Kier molecular flexibility index (Phi) is 5.24. The van der Waals surface area contributed by atoms with E-state index in [0.29, 0.717) is 19.4 Å². The van der Waals surface area contributed by atoms with E-state index in [0.717, 1.165) is 17.9 Å². The highest BCUT2D eigenvalue weighted by atomic mass is 19.4. The number of rotatable bonds is 4. The lowest BCUT2D eigenvalue weighted by molar-refractivity contribution is -0.164. The van der Waals surface area contributed by atoms with Crippen LogP contribution in [0.15, 0.2) is 0 Å². The van der Waals surface area contributed by atoms with Gasteiger partial charge in [-0.15, -0.1) is 0 Å². The maximum atomic E-state index is 12.3. The highest BCUT2D eigenvalue weighted by Crippen LogP contribution is 2.20. The van der Waals surface area contributed by atoms with Crippen LogP contribution in [0.25, 0.3) is 0 Å². The Hall–Kier alpha value is -0.780. The van der Waals surface area contributed by atoms with Gasteiger partial charge in [-0.3, -0.25) is 4.79 Å². The van der Waals surface area contributed by atoms with Gasteiger partial charge in [-0.2, -0.15) is 13.2 Å². The van der Waals surface area contributed by atoms with Gasteiger partial charge in [0.25, 0.3) is 0 Å². The number of carbonyl (C=O) groups excluding carboxylic acids is 1. The molecule has 1 unspecified atom stereocenters. The van der Waals surface area contributed by atoms with Gasteiger partial charge < -0.3 is 10.2 Å². The van der Waals surface area contributed by atoms with Gasteiger partial charge in [-0.05, 0) is 25.8 Å². The molecule has 0 radical (unpaired) electrons. The summed E-state index contributed by atoms with van der Waals surface area (Å²) in [5, 5.41) is 3.05. The molecular weight excluding hydrogens is 233 g/mol. The van der Waals surface area contributed by atoms with Crippen LogP contribution in [0.5, 0.6) is 0 Å². The van der Waals surface area contributed by atoms with Crippen molar-refractivity contribution < 1.29 is 18.0 Å². The quantitative estimate of drug-likeness (QED) is 0.827. The van der Waals surface area contributed by atoms with Crippen LogP contribution in [0, 0.1) is 5.92 Å². The fourth-order valence-electron chi connectivity index (χ4n) is 2.07. The SMILES string of the molecule is CCCN(CC(F)(F)F)C(=O)C1CCCNC1. The van der Waals surface area contributed by atoms with Crippen molar-refractivity contribution in [1.82, 2.24) is 10.2 Å². The van der Waals surface area contributed by atoms with Crippen molar-refractivity contribution >= 4 is 5.91 Å². The molecule has 3 nitrogen and oxygen atoms in total. The molecule has 1 fully saturated rings. The molecule has 0 saturated carbocycles.